The topological polar surface area (TPSA) is 130 Å². The van der Waals surface area contributed by atoms with Crippen molar-refractivity contribution in [2.45, 2.75) is 43.3 Å². The van der Waals surface area contributed by atoms with E-state index >= 15 is 0 Å². The number of carbonyl (C=O) groups is 3. The second-order valence-electron chi connectivity index (χ2n) is 10.5. The van der Waals surface area contributed by atoms with Crippen LogP contribution in [0.5, 0.6) is 0 Å². The van der Waals surface area contributed by atoms with Crippen LogP contribution in [0.1, 0.15) is 54.6 Å². The van der Waals surface area contributed by atoms with Gasteiger partial charge in [0.1, 0.15) is 5.70 Å². The number of rotatable bonds is 12. The van der Waals surface area contributed by atoms with Crippen LogP contribution in [0.25, 0.3) is 6.08 Å². The van der Waals surface area contributed by atoms with E-state index < -0.39 is 16.7 Å². The highest BCUT2D eigenvalue weighted by atomic mass is 32.2. The fraction of sp³-hybridized carbons (Fsp3) is 0.171. The Bertz CT molecular complexity index is 1700. The van der Waals surface area contributed by atoms with Gasteiger partial charge >= 0.3 is 0 Å². The average Bonchev–Trinajstić information content (AvgIpc) is 3.04. The van der Waals surface area contributed by atoms with E-state index in [1.54, 1.807) is 54.6 Å². The third kappa shape index (κ3) is 9.14. The van der Waals surface area contributed by atoms with Crippen LogP contribution in [0.2, 0.25) is 0 Å². The zero-order valence-corrected chi connectivity index (χ0v) is 26.0. The van der Waals surface area contributed by atoms with Crippen LogP contribution in [0.15, 0.2) is 114 Å². The Kier molecular flexibility index (Phi) is 11.3. The summed E-state index contributed by atoms with van der Waals surface area (Å²) in [4.78, 5) is 51.4. The normalized spacial score (nSPS) is 11.9. The van der Waals surface area contributed by atoms with E-state index in [0.717, 1.165) is 10.6 Å². The molecule has 0 saturated carbocycles. The van der Waals surface area contributed by atoms with Crippen LogP contribution in [0.3, 0.4) is 0 Å². The van der Waals surface area contributed by atoms with Crippen molar-refractivity contribution in [3.63, 3.8) is 0 Å². The van der Waals surface area contributed by atoms with E-state index in [-0.39, 0.29) is 28.1 Å². The Balaban J connectivity index is 1.52. The maximum absolute atomic E-state index is 13.5. The molecule has 0 radical (unpaired) electrons. The van der Waals surface area contributed by atoms with Crippen molar-refractivity contribution in [3.8, 4) is 0 Å². The molecule has 0 heterocycles. The first kappa shape index (κ1) is 32.7. The molecule has 0 aromatic heterocycles. The van der Waals surface area contributed by atoms with Crippen LogP contribution in [0.4, 0.5) is 17.1 Å². The van der Waals surface area contributed by atoms with Gasteiger partial charge in [0.15, 0.2) is 0 Å². The number of nitrogens with one attached hydrogen (secondary N) is 3. The van der Waals surface area contributed by atoms with E-state index in [0.29, 0.717) is 23.6 Å². The minimum atomic E-state index is -0.672. The molecule has 9 nitrogen and oxygen atoms in total. The zero-order chi connectivity index (χ0) is 32.3. The summed E-state index contributed by atoms with van der Waals surface area (Å²) in [5.41, 5.74) is 2.41. The average molecular weight is 623 g/mol. The summed E-state index contributed by atoms with van der Waals surface area (Å²) in [6.07, 6.45) is 1.85. The molecule has 0 saturated heterocycles. The van der Waals surface area contributed by atoms with E-state index in [1.807, 2.05) is 37.3 Å². The van der Waals surface area contributed by atoms with Crippen molar-refractivity contribution in [3.05, 3.63) is 136 Å². The molecule has 0 bridgehead atoms. The molecular formula is C35H34N4O5S. The van der Waals surface area contributed by atoms with E-state index in [2.05, 4.69) is 29.8 Å². The monoisotopic (exact) mass is 622 g/mol. The zero-order valence-electron chi connectivity index (χ0n) is 25.2. The van der Waals surface area contributed by atoms with Crippen LogP contribution >= 0.6 is 11.8 Å². The fourth-order valence-electron chi connectivity index (χ4n) is 4.38. The van der Waals surface area contributed by atoms with E-state index in [4.69, 9.17) is 0 Å². The first-order chi connectivity index (χ1) is 21.6. The molecule has 4 aromatic rings. The molecule has 4 rings (SSSR count). The number of thioether (sulfide) groups is 1. The number of hydrogen-bond donors (Lipinski definition) is 3. The Morgan fingerprint density at radius 1 is 0.844 bits per heavy atom. The maximum Gasteiger partial charge on any atom is 0.276 e. The van der Waals surface area contributed by atoms with Crippen molar-refractivity contribution in [2.24, 2.45) is 0 Å². The predicted molar refractivity (Wildman–Crippen MR) is 179 cm³/mol. The van der Waals surface area contributed by atoms with Gasteiger partial charge < -0.3 is 16.0 Å². The minimum Gasteiger partial charge on any atom is -0.325 e. The molecular weight excluding hydrogens is 588 g/mol. The second-order valence-corrected chi connectivity index (χ2v) is 11.7. The first-order valence-electron chi connectivity index (χ1n) is 14.4. The van der Waals surface area contributed by atoms with Gasteiger partial charge in [0.05, 0.1) is 15.7 Å². The second kappa shape index (κ2) is 15.5. The van der Waals surface area contributed by atoms with Crippen LogP contribution in [0, 0.1) is 10.1 Å². The van der Waals surface area contributed by atoms with Gasteiger partial charge in [0.25, 0.3) is 17.5 Å². The van der Waals surface area contributed by atoms with Crippen LogP contribution in [-0.2, 0) is 9.59 Å². The van der Waals surface area contributed by atoms with Crippen molar-refractivity contribution in [1.82, 2.24) is 5.32 Å². The number of para-hydroxylation sites is 1. The molecule has 0 spiro atoms. The van der Waals surface area contributed by atoms with Gasteiger partial charge in [-0.3, -0.25) is 24.5 Å². The van der Waals surface area contributed by atoms with Crippen molar-refractivity contribution in [1.29, 1.82) is 0 Å². The SMILES string of the molecule is CCC(Sc1cccc(NC(=O)/C(=C\c2ccccc2[N+](=O)[O-])NC(=O)c2ccccc2)c1)C(=O)Nc1ccc(C(C)C)cc1. The standard InChI is InChI=1S/C35H34N4O5S/c1-4-32(35(42)36-27-19-17-24(18-20-27)23(2)3)45-29-15-10-14-28(22-29)37-34(41)30(38-33(40)25-11-6-5-7-12-25)21-26-13-8-9-16-31(26)39(43)44/h5-23,32H,4H2,1-3H3,(H,36,42)(H,37,41)(H,38,40)/b30-21+. The van der Waals surface area contributed by atoms with Gasteiger partial charge in [0.2, 0.25) is 5.91 Å². The summed E-state index contributed by atoms with van der Waals surface area (Å²) in [5.74, 6) is -0.956. The molecule has 0 aliphatic carbocycles. The third-order valence-corrected chi connectivity index (χ3v) is 8.20. The molecule has 4 aromatic carbocycles. The molecule has 1 atom stereocenters. The molecule has 3 amide bonds. The molecule has 0 fully saturated rings. The van der Waals surface area contributed by atoms with Crippen LogP contribution in [-0.4, -0.2) is 27.9 Å². The molecule has 45 heavy (non-hydrogen) atoms. The Morgan fingerprint density at radius 2 is 1.53 bits per heavy atom. The number of amides is 3. The Labute approximate surface area is 266 Å². The fourth-order valence-corrected chi connectivity index (χ4v) is 5.39. The van der Waals surface area contributed by atoms with Gasteiger partial charge in [-0.15, -0.1) is 11.8 Å². The molecule has 3 N–H and O–H groups in total. The van der Waals surface area contributed by atoms with Gasteiger partial charge in [-0.2, -0.15) is 0 Å². The van der Waals surface area contributed by atoms with Gasteiger partial charge in [-0.25, -0.2) is 0 Å². The van der Waals surface area contributed by atoms with Gasteiger partial charge in [-0.1, -0.05) is 69.3 Å². The number of nitro groups is 1. The number of carbonyl (C=O) groups excluding carboxylic acids is 3. The molecule has 0 aliphatic rings. The summed E-state index contributed by atoms with van der Waals surface area (Å²) in [7, 11) is 0. The summed E-state index contributed by atoms with van der Waals surface area (Å²) in [6.45, 7) is 6.15. The lowest BCUT2D eigenvalue weighted by molar-refractivity contribution is -0.385. The predicted octanol–water partition coefficient (Wildman–Crippen LogP) is 7.64. The minimum absolute atomic E-state index is 0.132. The number of nitrogens with zero attached hydrogens (tertiary/aromatic N) is 1. The Morgan fingerprint density at radius 3 is 2.20 bits per heavy atom. The highest BCUT2D eigenvalue weighted by Crippen LogP contribution is 2.29. The molecule has 0 aliphatic heterocycles. The number of anilines is 2. The number of hydrogen-bond acceptors (Lipinski definition) is 6. The molecule has 230 valence electrons. The summed E-state index contributed by atoms with van der Waals surface area (Å²) in [6, 6.07) is 29.1. The third-order valence-electron chi connectivity index (χ3n) is 6.84. The first-order valence-corrected chi connectivity index (χ1v) is 15.3. The van der Waals surface area contributed by atoms with Crippen molar-refractivity contribution >= 4 is 52.6 Å². The lowest BCUT2D eigenvalue weighted by atomic mass is 10.0. The largest absolute Gasteiger partial charge is 0.325 e. The van der Waals surface area contributed by atoms with Crippen molar-refractivity contribution < 1.29 is 19.3 Å². The lowest BCUT2D eigenvalue weighted by Crippen LogP contribution is -2.30. The highest BCUT2D eigenvalue weighted by molar-refractivity contribution is 8.00. The Hall–Kier alpha value is -5.22. The number of nitro benzene ring substituents is 1. The van der Waals surface area contributed by atoms with E-state index in [9.17, 15) is 24.5 Å². The highest BCUT2D eigenvalue weighted by Gasteiger charge is 2.21. The van der Waals surface area contributed by atoms with Gasteiger partial charge in [0, 0.05) is 27.9 Å². The van der Waals surface area contributed by atoms with Gasteiger partial charge in [-0.05, 0) is 72.5 Å². The molecule has 1 unspecified atom stereocenters. The molecule has 10 heteroatoms. The quantitative estimate of drug-likeness (QED) is 0.0644. The summed E-state index contributed by atoms with van der Waals surface area (Å²) < 4.78 is 0. The summed E-state index contributed by atoms with van der Waals surface area (Å²) in [5, 5.41) is 19.6. The maximum atomic E-state index is 13.5. The summed E-state index contributed by atoms with van der Waals surface area (Å²) >= 11 is 1.37. The van der Waals surface area contributed by atoms with E-state index in [1.165, 1.54) is 41.6 Å². The lowest BCUT2D eigenvalue weighted by Gasteiger charge is -2.16. The van der Waals surface area contributed by atoms with Crippen LogP contribution < -0.4 is 16.0 Å². The number of benzene rings is 4. The van der Waals surface area contributed by atoms with Crippen molar-refractivity contribution in [2.75, 3.05) is 10.6 Å². The smallest absolute Gasteiger partial charge is 0.276 e.